The Kier molecular flexibility index (Phi) is 6.87. The Morgan fingerprint density at radius 3 is 2.69 bits per heavy atom. The molecule has 29 heavy (non-hydrogen) atoms. The van der Waals surface area contributed by atoms with Crippen LogP contribution in [0.1, 0.15) is 13.3 Å². The molecule has 1 amide bonds. The topological polar surface area (TPSA) is 84.0 Å². The van der Waals surface area contributed by atoms with Crippen LogP contribution in [-0.2, 0) is 4.79 Å². The fourth-order valence-electron chi connectivity index (χ4n) is 2.86. The third kappa shape index (κ3) is 4.76. The van der Waals surface area contributed by atoms with Crippen LogP contribution < -0.4 is 9.64 Å². The number of hydrogen-bond acceptors (Lipinski definition) is 6. The van der Waals surface area contributed by atoms with Crippen LogP contribution in [0.25, 0.3) is 5.69 Å². The summed E-state index contributed by atoms with van der Waals surface area (Å²) < 4.78 is 7.23. The molecule has 0 fully saturated rings. The summed E-state index contributed by atoms with van der Waals surface area (Å²) in [7, 11) is 1.61. The first-order valence-corrected chi connectivity index (χ1v) is 9.97. The molecular formula is C21H21N5O2S. The molecule has 2 aromatic carbocycles. The van der Waals surface area contributed by atoms with Crippen molar-refractivity contribution >= 4 is 23.4 Å². The van der Waals surface area contributed by atoms with E-state index in [0.717, 1.165) is 11.4 Å². The van der Waals surface area contributed by atoms with Crippen LogP contribution in [0.15, 0.2) is 66.1 Å². The molecule has 3 rings (SSSR count). The standard InChI is InChI=1S/C21H21N5O2S/c1-16(20(27)25(14-8-13-22)17-9-4-3-5-10-17)29-21-24-23-15-26(21)18-11-6-7-12-19(18)28-2/h3-7,9-12,15-16H,8,14H2,1-2H3/t16-/m1/s1. The summed E-state index contributed by atoms with van der Waals surface area (Å²) >= 11 is 1.32. The molecule has 0 N–H and O–H groups in total. The SMILES string of the molecule is COc1ccccc1-n1cnnc1S[C@H](C)C(=O)N(CCC#N)c1ccccc1. The van der Waals surface area contributed by atoms with Crippen LogP contribution in [0.2, 0.25) is 0 Å². The van der Waals surface area contributed by atoms with E-state index in [1.807, 2.05) is 61.5 Å². The molecule has 0 saturated heterocycles. The zero-order chi connectivity index (χ0) is 20.6. The number of anilines is 1. The predicted molar refractivity (Wildman–Crippen MR) is 112 cm³/mol. The van der Waals surface area contributed by atoms with Gasteiger partial charge in [0.2, 0.25) is 5.91 Å². The summed E-state index contributed by atoms with van der Waals surface area (Å²) in [6, 6.07) is 19.0. The summed E-state index contributed by atoms with van der Waals surface area (Å²) in [5, 5.41) is 17.3. The second kappa shape index (κ2) is 9.75. The Morgan fingerprint density at radius 2 is 1.97 bits per heavy atom. The highest BCUT2D eigenvalue weighted by Crippen LogP contribution is 2.30. The van der Waals surface area contributed by atoms with E-state index < -0.39 is 5.25 Å². The first-order valence-electron chi connectivity index (χ1n) is 9.09. The zero-order valence-corrected chi connectivity index (χ0v) is 17.0. The molecule has 0 aliphatic carbocycles. The monoisotopic (exact) mass is 407 g/mol. The number of carbonyl (C=O) groups excluding carboxylic acids is 1. The fraction of sp³-hybridized carbons (Fsp3) is 0.238. The van der Waals surface area contributed by atoms with Crippen LogP contribution in [0.5, 0.6) is 5.75 Å². The summed E-state index contributed by atoms with van der Waals surface area (Å²) in [6.45, 7) is 2.17. The Balaban J connectivity index is 1.83. The smallest absolute Gasteiger partial charge is 0.240 e. The number of hydrogen-bond donors (Lipinski definition) is 0. The van der Waals surface area contributed by atoms with Gasteiger partial charge >= 0.3 is 0 Å². The number of nitrogens with zero attached hydrogens (tertiary/aromatic N) is 5. The average molecular weight is 407 g/mol. The minimum Gasteiger partial charge on any atom is -0.495 e. The van der Waals surface area contributed by atoms with Crippen LogP contribution in [0.3, 0.4) is 0 Å². The number of nitriles is 1. The number of methoxy groups -OCH3 is 1. The molecule has 1 atom stereocenters. The second-order valence-electron chi connectivity index (χ2n) is 6.15. The van der Waals surface area contributed by atoms with E-state index in [0.29, 0.717) is 17.5 Å². The third-order valence-electron chi connectivity index (χ3n) is 4.27. The molecule has 0 aliphatic rings. The van der Waals surface area contributed by atoms with Crippen molar-refractivity contribution in [3.63, 3.8) is 0 Å². The van der Waals surface area contributed by atoms with Crippen molar-refractivity contribution in [1.82, 2.24) is 14.8 Å². The molecular weight excluding hydrogens is 386 g/mol. The molecule has 0 spiro atoms. The van der Waals surface area contributed by atoms with Gasteiger partial charge in [-0.2, -0.15) is 5.26 Å². The molecule has 0 aliphatic heterocycles. The van der Waals surface area contributed by atoms with Crippen molar-refractivity contribution in [2.45, 2.75) is 23.8 Å². The number of rotatable bonds is 8. The average Bonchev–Trinajstić information content (AvgIpc) is 3.22. The molecule has 3 aromatic rings. The summed E-state index contributed by atoms with van der Waals surface area (Å²) in [5.74, 6) is 0.596. The van der Waals surface area contributed by atoms with E-state index in [9.17, 15) is 4.79 Å². The quantitative estimate of drug-likeness (QED) is 0.530. The lowest BCUT2D eigenvalue weighted by molar-refractivity contribution is -0.117. The van der Waals surface area contributed by atoms with Gasteiger partial charge in [0.15, 0.2) is 5.16 Å². The number of amides is 1. The van der Waals surface area contributed by atoms with Crippen molar-refractivity contribution in [3.05, 3.63) is 60.9 Å². The fourth-order valence-corrected chi connectivity index (χ4v) is 3.76. The Bertz CT molecular complexity index is 1000. The highest BCUT2D eigenvalue weighted by molar-refractivity contribution is 8.00. The molecule has 1 heterocycles. The largest absolute Gasteiger partial charge is 0.495 e. The van der Waals surface area contributed by atoms with E-state index in [1.165, 1.54) is 11.8 Å². The number of aromatic nitrogens is 3. The second-order valence-corrected chi connectivity index (χ2v) is 7.46. The van der Waals surface area contributed by atoms with Crippen molar-refractivity contribution < 1.29 is 9.53 Å². The van der Waals surface area contributed by atoms with Crippen LogP contribution in [0, 0.1) is 11.3 Å². The minimum absolute atomic E-state index is 0.0916. The maximum absolute atomic E-state index is 13.2. The first-order chi connectivity index (χ1) is 14.2. The van der Waals surface area contributed by atoms with Crippen molar-refractivity contribution in [2.24, 2.45) is 0 Å². The van der Waals surface area contributed by atoms with Gasteiger partial charge in [0.25, 0.3) is 0 Å². The van der Waals surface area contributed by atoms with Gasteiger partial charge in [-0.3, -0.25) is 9.36 Å². The third-order valence-corrected chi connectivity index (χ3v) is 5.32. The van der Waals surface area contributed by atoms with Gasteiger partial charge in [-0.15, -0.1) is 10.2 Å². The van der Waals surface area contributed by atoms with Gasteiger partial charge < -0.3 is 9.64 Å². The van der Waals surface area contributed by atoms with Crippen molar-refractivity contribution in [1.29, 1.82) is 5.26 Å². The van der Waals surface area contributed by atoms with Gasteiger partial charge in [-0.05, 0) is 31.2 Å². The lowest BCUT2D eigenvalue weighted by atomic mass is 10.2. The van der Waals surface area contributed by atoms with Crippen molar-refractivity contribution in [2.75, 3.05) is 18.6 Å². The Hall–Kier alpha value is -3.31. The van der Waals surface area contributed by atoms with Gasteiger partial charge in [0.05, 0.1) is 30.5 Å². The van der Waals surface area contributed by atoms with Crippen molar-refractivity contribution in [3.8, 4) is 17.5 Å². The van der Waals surface area contributed by atoms with Crippen LogP contribution >= 0.6 is 11.8 Å². The molecule has 8 heteroatoms. The van der Waals surface area contributed by atoms with E-state index in [1.54, 1.807) is 22.9 Å². The number of thioether (sulfide) groups is 1. The maximum Gasteiger partial charge on any atom is 0.240 e. The first kappa shape index (κ1) is 20.4. The highest BCUT2D eigenvalue weighted by atomic mass is 32.2. The Morgan fingerprint density at radius 1 is 1.24 bits per heavy atom. The zero-order valence-electron chi connectivity index (χ0n) is 16.2. The number of para-hydroxylation sites is 3. The normalized spacial score (nSPS) is 11.5. The predicted octanol–water partition coefficient (Wildman–Crippen LogP) is 3.70. The van der Waals surface area contributed by atoms with Crippen LogP contribution in [0.4, 0.5) is 5.69 Å². The lowest BCUT2D eigenvalue weighted by Gasteiger charge is -2.24. The summed E-state index contributed by atoms with van der Waals surface area (Å²) in [4.78, 5) is 14.8. The highest BCUT2D eigenvalue weighted by Gasteiger charge is 2.25. The van der Waals surface area contributed by atoms with Crippen LogP contribution in [-0.4, -0.2) is 39.6 Å². The molecule has 0 radical (unpaired) electrons. The summed E-state index contributed by atoms with van der Waals surface area (Å²) in [6.07, 6.45) is 1.86. The molecule has 1 aromatic heterocycles. The number of carbonyl (C=O) groups is 1. The number of benzene rings is 2. The molecule has 148 valence electrons. The minimum atomic E-state index is -0.424. The lowest BCUT2D eigenvalue weighted by Crippen LogP contribution is -2.37. The van der Waals surface area contributed by atoms with Gasteiger partial charge in [-0.1, -0.05) is 42.1 Å². The van der Waals surface area contributed by atoms with Gasteiger partial charge in [0, 0.05) is 12.2 Å². The summed E-state index contributed by atoms with van der Waals surface area (Å²) in [5.41, 5.74) is 1.57. The van der Waals surface area contributed by atoms with E-state index in [4.69, 9.17) is 10.00 Å². The molecule has 0 bridgehead atoms. The van der Waals surface area contributed by atoms with Gasteiger partial charge in [-0.25, -0.2) is 0 Å². The molecule has 7 nitrogen and oxygen atoms in total. The Labute approximate surface area is 173 Å². The van der Waals surface area contributed by atoms with E-state index in [-0.39, 0.29) is 12.3 Å². The maximum atomic E-state index is 13.2. The molecule has 0 saturated carbocycles. The van der Waals surface area contributed by atoms with E-state index in [2.05, 4.69) is 16.3 Å². The van der Waals surface area contributed by atoms with E-state index >= 15 is 0 Å². The molecule has 0 unspecified atom stereocenters. The van der Waals surface area contributed by atoms with Gasteiger partial charge in [0.1, 0.15) is 12.1 Å². The number of ether oxygens (including phenoxy) is 1.